The molecule has 1 rings (SSSR count). The molecule has 92 valence electrons. The number of amidine groups is 1. The zero-order valence-corrected chi connectivity index (χ0v) is 10.1. The van der Waals surface area contributed by atoms with E-state index in [0.29, 0.717) is 17.1 Å². The first-order valence-corrected chi connectivity index (χ1v) is 5.50. The molecule has 0 aliphatic rings. The maximum absolute atomic E-state index is 11.8. The zero-order valence-electron chi connectivity index (χ0n) is 9.35. The molecule has 5 nitrogen and oxygen atoms in total. The standard InChI is InChI=1S/C11H14ClN3O2/c1-2-9(10(13)15-17)11(16)14-8-5-3-7(12)4-6-8/h3-6,9,17H,2H2,1H3,(H2,13,15)(H,14,16). The first-order chi connectivity index (χ1) is 8.08. The Kier molecular flexibility index (Phi) is 4.78. The molecular formula is C11H14ClN3O2. The van der Waals surface area contributed by atoms with Crippen molar-refractivity contribution in [1.82, 2.24) is 0 Å². The average molecular weight is 256 g/mol. The second kappa shape index (κ2) is 6.10. The number of hydrogen-bond donors (Lipinski definition) is 3. The Balaban J connectivity index is 2.74. The fraction of sp³-hybridized carbons (Fsp3) is 0.273. The third-order valence-electron chi connectivity index (χ3n) is 2.31. The fourth-order valence-corrected chi connectivity index (χ4v) is 1.49. The molecule has 6 heteroatoms. The van der Waals surface area contributed by atoms with Crippen LogP contribution >= 0.6 is 11.6 Å². The van der Waals surface area contributed by atoms with E-state index in [4.69, 9.17) is 22.5 Å². The van der Waals surface area contributed by atoms with Crippen LogP contribution in [0.15, 0.2) is 29.4 Å². The summed E-state index contributed by atoms with van der Waals surface area (Å²) in [6.45, 7) is 1.78. The molecule has 0 saturated carbocycles. The van der Waals surface area contributed by atoms with Gasteiger partial charge in [0.25, 0.3) is 0 Å². The number of nitrogens with zero attached hydrogens (tertiary/aromatic N) is 1. The van der Waals surface area contributed by atoms with Crippen LogP contribution in [-0.4, -0.2) is 17.0 Å². The highest BCUT2D eigenvalue weighted by molar-refractivity contribution is 6.30. The number of halogens is 1. The van der Waals surface area contributed by atoms with E-state index in [-0.39, 0.29) is 11.7 Å². The zero-order chi connectivity index (χ0) is 12.8. The van der Waals surface area contributed by atoms with E-state index in [0.717, 1.165) is 0 Å². The van der Waals surface area contributed by atoms with Crippen molar-refractivity contribution in [2.45, 2.75) is 13.3 Å². The summed E-state index contributed by atoms with van der Waals surface area (Å²) in [6, 6.07) is 6.70. The highest BCUT2D eigenvalue weighted by Crippen LogP contribution is 2.15. The largest absolute Gasteiger partial charge is 0.409 e. The van der Waals surface area contributed by atoms with Gasteiger partial charge in [-0.1, -0.05) is 23.7 Å². The SMILES string of the molecule is CCC(C(=O)Nc1ccc(Cl)cc1)C(N)=NO. The van der Waals surface area contributed by atoms with Gasteiger partial charge in [-0.05, 0) is 30.7 Å². The topological polar surface area (TPSA) is 87.7 Å². The molecule has 0 radical (unpaired) electrons. The Morgan fingerprint density at radius 1 is 1.53 bits per heavy atom. The van der Waals surface area contributed by atoms with Gasteiger partial charge in [0.15, 0.2) is 5.84 Å². The second-order valence-electron chi connectivity index (χ2n) is 3.48. The number of rotatable bonds is 4. The predicted molar refractivity (Wildman–Crippen MR) is 67.3 cm³/mol. The molecule has 1 unspecified atom stereocenters. The Morgan fingerprint density at radius 2 is 2.12 bits per heavy atom. The molecule has 17 heavy (non-hydrogen) atoms. The number of carbonyl (C=O) groups excluding carboxylic acids is 1. The van der Waals surface area contributed by atoms with Crippen LogP contribution < -0.4 is 11.1 Å². The third-order valence-corrected chi connectivity index (χ3v) is 2.56. The van der Waals surface area contributed by atoms with Gasteiger partial charge < -0.3 is 16.3 Å². The highest BCUT2D eigenvalue weighted by Gasteiger charge is 2.21. The van der Waals surface area contributed by atoms with E-state index in [1.165, 1.54) is 0 Å². The van der Waals surface area contributed by atoms with Gasteiger partial charge in [-0.2, -0.15) is 0 Å². The van der Waals surface area contributed by atoms with Crippen LogP contribution in [0.3, 0.4) is 0 Å². The fourth-order valence-electron chi connectivity index (χ4n) is 1.36. The summed E-state index contributed by atoms with van der Waals surface area (Å²) in [6.07, 6.45) is 0.454. The predicted octanol–water partition coefficient (Wildman–Crippen LogP) is 2.05. The van der Waals surface area contributed by atoms with Gasteiger partial charge in [0.1, 0.15) is 0 Å². The summed E-state index contributed by atoms with van der Waals surface area (Å²) >= 11 is 5.73. The summed E-state index contributed by atoms with van der Waals surface area (Å²) in [5, 5.41) is 14.7. The van der Waals surface area contributed by atoms with E-state index < -0.39 is 5.92 Å². The van der Waals surface area contributed by atoms with Crippen LogP contribution in [0.5, 0.6) is 0 Å². The van der Waals surface area contributed by atoms with Crippen molar-refractivity contribution in [3.8, 4) is 0 Å². The van der Waals surface area contributed by atoms with Crippen LogP contribution in [-0.2, 0) is 4.79 Å². The lowest BCUT2D eigenvalue weighted by molar-refractivity contribution is -0.118. The van der Waals surface area contributed by atoms with Crippen molar-refractivity contribution < 1.29 is 10.0 Å². The van der Waals surface area contributed by atoms with E-state index in [2.05, 4.69) is 10.5 Å². The van der Waals surface area contributed by atoms with Crippen LogP contribution in [0.1, 0.15) is 13.3 Å². The van der Waals surface area contributed by atoms with E-state index in [1.54, 1.807) is 31.2 Å². The van der Waals surface area contributed by atoms with Gasteiger partial charge in [0.2, 0.25) is 5.91 Å². The van der Waals surface area contributed by atoms with E-state index >= 15 is 0 Å². The summed E-state index contributed by atoms with van der Waals surface area (Å²) in [5.74, 6) is -1.06. The number of nitrogens with one attached hydrogen (secondary N) is 1. The van der Waals surface area contributed by atoms with Crippen LogP contribution in [0.4, 0.5) is 5.69 Å². The normalized spacial score (nSPS) is 13.2. The van der Waals surface area contributed by atoms with Gasteiger partial charge in [-0.15, -0.1) is 0 Å². The van der Waals surface area contributed by atoms with Crippen molar-refractivity contribution in [3.63, 3.8) is 0 Å². The minimum Gasteiger partial charge on any atom is -0.409 e. The molecule has 0 bridgehead atoms. The van der Waals surface area contributed by atoms with Gasteiger partial charge >= 0.3 is 0 Å². The Labute approximate surface area is 104 Å². The minimum atomic E-state index is -0.643. The maximum Gasteiger partial charge on any atom is 0.235 e. The van der Waals surface area contributed by atoms with Gasteiger partial charge in [0.05, 0.1) is 5.92 Å². The molecule has 1 atom stereocenters. The van der Waals surface area contributed by atoms with Crippen molar-refractivity contribution in [2.24, 2.45) is 16.8 Å². The van der Waals surface area contributed by atoms with Crippen LogP contribution in [0, 0.1) is 5.92 Å². The first-order valence-electron chi connectivity index (χ1n) is 5.12. The third kappa shape index (κ3) is 3.64. The number of carbonyl (C=O) groups is 1. The Hall–Kier alpha value is -1.75. The molecule has 4 N–H and O–H groups in total. The van der Waals surface area contributed by atoms with Crippen molar-refractivity contribution in [2.75, 3.05) is 5.32 Å². The number of nitrogens with two attached hydrogens (primary N) is 1. The molecule has 0 fully saturated rings. The monoisotopic (exact) mass is 255 g/mol. The minimum absolute atomic E-state index is 0.0982. The molecule has 1 aromatic rings. The number of oxime groups is 1. The van der Waals surface area contributed by atoms with Crippen LogP contribution in [0.2, 0.25) is 5.02 Å². The van der Waals surface area contributed by atoms with Crippen LogP contribution in [0.25, 0.3) is 0 Å². The molecular weight excluding hydrogens is 242 g/mol. The molecule has 0 aromatic heterocycles. The molecule has 0 heterocycles. The molecule has 0 spiro atoms. The van der Waals surface area contributed by atoms with Crippen molar-refractivity contribution >= 4 is 29.0 Å². The number of anilines is 1. The number of amides is 1. The van der Waals surface area contributed by atoms with E-state index in [1.807, 2.05) is 0 Å². The molecule has 0 aliphatic heterocycles. The number of benzene rings is 1. The summed E-state index contributed by atoms with van der Waals surface area (Å²) in [7, 11) is 0. The van der Waals surface area contributed by atoms with Gasteiger partial charge in [-0.25, -0.2) is 0 Å². The summed E-state index contributed by atoms with van der Waals surface area (Å²) in [4.78, 5) is 11.8. The first kappa shape index (κ1) is 13.3. The van der Waals surface area contributed by atoms with Gasteiger partial charge in [-0.3, -0.25) is 4.79 Å². The quantitative estimate of drug-likeness (QED) is 0.333. The van der Waals surface area contributed by atoms with E-state index in [9.17, 15) is 4.79 Å². The molecule has 0 saturated heterocycles. The lowest BCUT2D eigenvalue weighted by Gasteiger charge is -2.13. The second-order valence-corrected chi connectivity index (χ2v) is 3.92. The lowest BCUT2D eigenvalue weighted by atomic mass is 10.0. The van der Waals surface area contributed by atoms with Crippen molar-refractivity contribution in [1.29, 1.82) is 0 Å². The number of hydrogen-bond acceptors (Lipinski definition) is 3. The molecule has 1 aromatic carbocycles. The molecule has 0 aliphatic carbocycles. The Morgan fingerprint density at radius 3 is 2.59 bits per heavy atom. The van der Waals surface area contributed by atoms with Crippen molar-refractivity contribution in [3.05, 3.63) is 29.3 Å². The average Bonchev–Trinajstić information content (AvgIpc) is 2.32. The summed E-state index contributed by atoms with van der Waals surface area (Å²) in [5.41, 5.74) is 6.04. The smallest absolute Gasteiger partial charge is 0.235 e. The molecule has 1 amide bonds. The Bertz CT molecular complexity index is 417. The highest BCUT2D eigenvalue weighted by atomic mass is 35.5. The maximum atomic E-state index is 11.8. The van der Waals surface area contributed by atoms with Gasteiger partial charge in [0, 0.05) is 10.7 Å². The lowest BCUT2D eigenvalue weighted by Crippen LogP contribution is -2.34. The summed E-state index contributed by atoms with van der Waals surface area (Å²) < 4.78 is 0.